The number of nitrogens with zero attached hydrogens (tertiary/aromatic N) is 1. The number of anilines is 2. The molecule has 2 aromatic rings. The van der Waals surface area contributed by atoms with E-state index in [2.05, 4.69) is 21.9 Å². The van der Waals surface area contributed by atoms with Crippen molar-refractivity contribution in [1.29, 1.82) is 0 Å². The molecule has 0 radical (unpaired) electrons. The molecule has 2 unspecified atom stereocenters. The summed E-state index contributed by atoms with van der Waals surface area (Å²) in [6.45, 7) is 6.57. The molecule has 2 heterocycles. The van der Waals surface area contributed by atoms with Crippen molar-refractivity contribution in [3.8, 4) is 5.75 Å². The zero-order valence-electron chi connectivity index (χ0n) is 19.3. The Morgan fingerprint density at radius 1 is 1.21 bits per heavy atom. The number of likely N-dealkylation sites (tertiary alicyclic amines) is 1. The van der Waals surface area contributed by atoms with Gasteiger partial charge in [0.15, 0.2) is 0 Å². The Hall–Kier alpha value is -2.78. The van der Waals surface area contributed by atoms with E-state index in [1.807, 2.05) is 0 Å². The van der Waals surface area contributed by atoms with Gasteiger partial charge < -0.3 is 20.1 Å². The Bertz CT molecular complexity index is 1200. The first-order chi connectivity index (χ1) is 16.4. The molecule has 34 heavy (non-hydrogen) atoms. The van der Waals surface area contributed by atoms with Crippen molar-refractivity contribution in [2.45, 2.75) is 37.0 Å². The number of ether oxygens (including phenoxy) is 1. The average Bonchev–Trinajstić information content (AvgIpc) is 3.48. The molecule has 3 aliphatic rings. The van der Waals surface area contributed by atoms with Crippen LogP contribution in [-0.2, 0) is 10.0 Å². The largest absolute Gasteiger partial charge is 0.492 e. The minimum absolute atomic E-state index is 0.0192. The van der Waals surface area contributed by atoms with E-state index in [1.54, 1.807) is 30.3 Å². The molecule has 0 bridgehead atoms. The van der Waals surface area contributed by atoms with Gasteiger partial charge in [0, 0.05) is 19.0 Å². The lowest BCUT2D eigenvalue weighted by molar-refractivity contribution is 0.0692. The first kappa shape index (κ1) is 23.0. The van der Waals surface area contributed by atoms with E-state index in [4.69, 9.17) is 4.74 Å². The normalized spacial score (nSPS) is 23.5. The van der Waals surface area contributed by atoms with E-state index in [1.165, 1.54) is 6.07 Å². The predicted octanol–water partition coefficient (Wildman–Crippen LogP) is 3.83. The number of carboxylic acids is 1. The summed E-state index contributed by atoms with van der Waals surface area (Å²) in [6.07, 6.45) is 3.11. The average molecular weight is 486 g/mol. The fourth-order valence-electron chi connectivity index (χ4n) is 5.24. The molecular formula is C25H31N3O5S. The van der Waals surface area contributed by atoms with Gasteiger partial charge in [-0.05, 0) is 68.0 Å². The smallest absolute Gasteiger partial charge is 0.341 e. The van der Waals surface area contributed by atoms with Crippen molar-refractivity contribution in [2.24, 2.45) is 11.8 Å². The van der Waals surface area contributed by atoms with Gasteiger partial charge >= 0.3 is 5.97 Å². The van der Waals surface area contributed by atoms with E-state index in [0.717, 1.165) is 44.5 Å². The van der Waals surface area contributed by atoms with Crippen LogP contribution >= 0.6 is 0 Å². The second kappa shape index (κ2) is 9.11. The van der Waals surface area contributed by atoms with E-state index in [-0.39, 0.29) is 21.9 Å². The molecule has 2 aliphatic heterocycles. The standard InChI is InChI=1S/C25H31N3O5S/c1-2-28-12-10-16(14-28)9-11-26-20-5-3-4-6-22(20)34(31,32)27-21-8-7-18-19-13-17(19)15-33-24(18)23(21)25(29)30/h3-8,16-17,19,26-27H,2,9-15H2,1H3,(H,29,30)/t16-,17?,19?/m1/s1. The van der Waals surface area contributed by atoms with Crippen LogP contribution in [0.5, 0.6) is 5.75 Å². The number of rotatable bonds is 9. The lowest BCUT2D eigenvalue weighted by Gasteiger charge is -2.21. The lowest BCUT2D eigenvalue weighted by atomic mass is 10.0. The van der Waals surface area contributed by atoms with Crippen molar-refractivity contribution < 1.29 is 23.1 Å². The number of para-hydroxylation sites is 1. The third-order valence-corrected chi connectivity index (χ3v) is 8.70. The van der Waals surface area contributed by atoms with Gasteiger partial charge in [-0.15, -0.1) is 0 Å². The van der Waals surface area contributed by atoms with Crippen LogP contribution in [0.3, 0.4) is 0 Å². The highest BCUT2D eigenvalue weighted by molar-refractivity contribution is 7.92. The third-order valence-electron chi connectivity index (χ3n) is 7.27. The van der Waals surface area contributed by atoms with Crippen LogP contribution < -0.4 is 14.8 Å². The molecule has 1 saturated carbocycles. The summed E-state index contributed by atoms with van der Waals surface area (Å²) in [5, 5.41) is 13.2. The van der Waals surface area contributed by atoms with Crippen molar-refractivity contribution in [3.05, 3.63) is 47.5 Å². The van der Waals surface area contributed by atoms with Crippen molar-refractivity contribution >= 4 is 27.4 Å². The van der Waals surface area contributed by atoms with Gasteiger partial charge in [-0.2, -0.15) is 0 Å². The summed E-state index contributed by atoms with van der Waals surface area (Å²) in [5.74, 6) is 0.424. The number of nitrogens with one attached hydrogen (secondary N) is 2. The second-order valence-electron chi connectivity index (χ2n) is 9.49. The zero-order chi connectivity index (χ0) is 23.9. The highest BCUT2D eigenvalue weighted by atomic mass is 32.2. The molecule has 1 aliphatic carbocycles. The fourth-order valence-corrected chi connectivity index (χ4v) is 6.50. The van der Waals surface area contributed by atoms with Crippen LogP contribution in [-0.4, -0.2) is 57.2 Å². The maximum atomic E-state index is 13.3. The van der Waals surface area contributed by atoms with Gasteiger partial charge in [-0.1, -0.05) is 25.1 Å². The van der Waals surface area contributed by atoms with Gasteiger partial charge in [0.2, 0.25) is 0 Å². The number of hydrogen-bond acceptors (Lipinski definition) is 6. The van der Waals surface area contributed by atoms with Crippen LogP contribution in [0.2, 0.25) is 0 Å². The number of aromatic carboxylic acids is 1. The maximum absolute atomic E-state index is 13.3. The predicted molar refractivity (Wildman–Crippen MR) is 130 cm³/mol. The van der Waals surface area contributed by atoms with E-state index in [0.29, 0.717) is 36.6 Å². The monoisotopic (exact) mass is 485 g/mol. The maximum Gasteiger partial charge on any atom is 0.341 e. The molecule has 3 N–H and O–H groups in total. The summed E-state index contributed by atoms with van der Waals surface area (Å²) in [6, 6.07) is 10.1. The number of sulfonamides is 1. The molecule has 0 amide bonds. The quantitative estimate of drug-likeness (QED) is 0.495. The van der Waals surface area contributed by atoms with E-state index >= 15 is 0 Å². The van der Waals surface area contributed by atoms with Gasteiger partial charge in [-0.3, -0.25) is 4.72 Å². The van der Waals surface area contributed by atoms with Crippen LogP contribution in [0, 0.1) is 11.8 Å². The molecule has 8 nitrogen and oxygen atoms in total. The summed E-state index contributed by atoms with van der Waals surface area (Å²) in [7, 11) is -4.03. The minimum Gasteiger partial charge on any atom is -0.492 e. The number of carbonyl (C=O) groups is 1. The molecule has 9 heteroatoms. The van der Waals surface area contributed by atoms with Crippen LogP contribution in [0.15, 0.2) is 41.3 Å². The summed E-state index contributed by atoms with van der Waals surface area (Å²) < 4.78 is 34.9. The van der Waals surface area contributed by atoms with Crippen LogP contribution in [0.25, 0.3) is 0 Å². The Kier molecular flexibility index (Phi) is 6.16. The Morgan fingerprint density at radius 3 is 2.79 bits per heavy atom. The molecule has 1 saturated heterocycles. The van der Waals surface area contributed by atoms with Crippen molar-refractivity contribution in [3.63, 3.8) is 0 Å². The molecular weight excluding hydrogens is 454 g/mol. The fraction of sp³-hybridized carbons (Fsp3) is 0.480. The first-order valence-electron chi connectivity index (χ1n) is 12.0. The van der Waals surface area contributed by atoms with E-state index < -0.39 is 16.0 Å². The molecule has 182 valence electrons. The lowest BCUT2D eigenvalue weighted by Crippen LogP contribution is -2.21. The zero-order valence-corrected chi connectivity index (χ0v) is 20.1. The summed E-state index contributed by atoms with van der Waals surface area (Å²) >= 11 is 0. The topological polar surface area (TPSA) is 108 Å². The number of fused-ring (bicyclic) bond motifs is 3. The Balaban J connectivity index is 1.34. The third kappa shape index (κ3) is 4.46. The Labute approximate surface area is 200 Å². The highest BCUT2D eigenvalue weighted by Crippen LogP contribution is 2.55. The van der Waals surface area contributed by atoms with Gasteiger partial charge in [0.05, 0.1) is 18.0 Å². The second-order valence-corrected chi connectivity index (χ2v) is 11.1. The number of hydrogen-bond donors (Lipinski definition) is 3. The highest BCUT2D eigenvalue weighted by Gasteiger charge is 2.45. The Morgan fingerprint density at radius 2 is 2.03 bits per heavy atom. The number of benzene rings is 2. The number of carboxylic acid groups (broad SMARTS) is 1. The minimum atomic E-state index is -4.03. The first-order valence-corrected chi connectivity index (χ1v) is 13.5. The van der Waals surface area contributed by atoms with Crippen molar-refractivity contribution in [2.75, 3.05) is 42.8 Å². The summed E-state index contributed by atoms with van der Waals surface area (Å²) in [5.41, 5.74) is 1.25. The van der Waals surface area contributed by atoms with Gasteiger partial charge in [-0.25, -0.2) is 13.2 Å². The van der Waals surface area contributed by atoms with Gasteiger partial charge in [0.25, 0.3) is 10.0 Å². The molecule has 0 spiro atoms. The van der Waals surface area contributed by atoms with Gasteiger partial charge in [0.1, 0.15) is 16.2 Å². The van der Waals surface area contributed by atoms with Crippen molar-refractivity contribution in [1.82, 2.24) is 4.90 Å². The molecule has 2 fully saturated rings. The van der Waals surface area contributed by atoms with Crippen LogP contribution in [0.4, 0.5) is 11.4 Å². The summed E-state index contributed by atoms with van der Waals surface area (Å²) in [4.78, 5) is 14.6. The molecule has 3 atom stereocenters. The SMILES string of the molecule is CCN1CC[C@@H](CCNc2ccccc2S(=O)(=O)Nc2ccc3c(c2C(=O)O)OCC2CC32)C1. The van der Waals surface area contributed by atoms with Crippen LogP contribution in [0.1, 0.15) is 48.0 Å². The molecule has 2 aromatic carbocycles. The molecule has 0 aromatic heterocycles. The molecule has 5 rings (SSSR count). The van der Waals surface area contributed by atoms with E-state index in [9.17, 15) is 18.3 Å².